The van der Waals surface area contributed by atoms with Crippen molar-refractivity contribution in [3.05, 3.63) is 21.3 Å². The van der Waals surface area contributed by atoms with Gasteiger partial charge in [-0.2, -0.15) is 0 Å². The molecule has 7 heteroatoms. The van der Waals surface area contributed by atoms with Gasteiger partial charge >= 0.3 is 5.97 Å². The Balaban J connectivity index is 2.82. The molecule has 1 rings (SSSR count). The summed E-state index contributed by atoms with van der Waals surface area (Å²) in [6, 6.07) is 2.08. The van der Waals surface area contributed by atoms with Crippen LogP contribution >= 0.6 is 22.9 Å². The van der Waals surface area contributed by atoms with Crippen LogP contribution in [0, 0.1) is 0 Å². The van der Waals surface area contributed by atoms with Gasteiger partial charge < -0.3 is 15.2 Å². The van der Waals surface area contributed by atoms with Gasteiger partial charge in [0.15, 0.2) is 6.04 Å². The van der Waals surface area contributed by atoms with Crippen LogP contribution in [0.3, 0.4) is 0 Å². The van der Waals surface area contributed by atoms with E-state index in [1.165, 1.54) is 0 Å². The van der Waals surface area contributed by atoms with Gasteiger partial charge in [0.05, 0.1) is 10.9 Å². The van der Waals surface area contributed by atoms with Crippen LogP contribution in [-0.2, 0) is 14.3 Å². The topological polar surface area (TPSA) is 75.6 Å². The number of ether oxygens (including phenoxy) is 1. The molecule has 0 bridgehead atoms. The van der Waals surface area contributed by atoms with Gasteiger partial charge in [-0.1, -0.05) is 11.6 Å². The highest BCUT2D eigenvalue weighted by Gasteiger charge is 2.29. The fourth-order valence-corrected chi connectivity index (χ4v) is 2.33. The van der Waals surface area contributed by atoms with Crippen LogP contribution in [0.4, 0.5) is 0 Å². The lowest BCUT2D eigenvalue weighted by atomic mass is 10.1. The molecular weight excluding hydrogens is 266 g/mol. The first-order chi connectivity index (χ1) is 8.10. The van der Waals surface area contributed by atoms with Gasteiger partial charge in [-0.3, -0.25) is 4.79 Å². The zero-order chi connectivity index (χ0) is 12.8. The number of halogens is 1. The number of rotatable bonds is 6. The molecule has 0 radical (unpaired) electrons. The van der Waals surface area contributed by atoms with Gasteiger partial charge in [0.1, 0.15) is 6.10 Å². The van der Waals surface area contributed by atoms with Crippen LogP contribution in [0.15, 0.2) is 12.1 Å². The summed E-state index contributed by atoms with van der Waals surface area (Å²) in [7, 11) is 0. The molecule has 94 valence electrons. The molecule has 0 fully saturated rings. The summed E-state index contributed by atoms with van der Waals surface area (Å²) in [6.45, 7) is 1.82. The fraction of sp³-hybridized carbons (Fsp3) is 0.400. The highest BCUT2D eigenvalue weighted by Crippen LogP contribution is 2.28. The van der Waals surface area contributed by atoms with Crippen molar-refractivity contribution in [2.24, 2.45) is 0 Å². The summed E-state index contributed by atoms with van der Waals surface area (Å²) in [5.41, 5.74) is 0. The van der Waals surface area contributed by atoms with Gasteiger partial charge in [0.2, 0.25) is 6.41 Å². The van der Waals surface area contributed by atoms with Crippen molar-refractivity contribution in [2.45, 2.75) is 19.1 Å². The Morgan fingerprint density at radius 3 is 2.88 bits per heavy atom. The Labute approximate surface area is 107 Å². The molecule has 0 saturated carbocycles. The predicted octanol–water partition coefficient (Wildman–Crippen LogP) is 1.11. The summed E-state index contributed by atoms with van der Waals surface area (Å²) in [4.78, 5) is 22.4. The number of thiophene rings is 1. The van der Waals surface area contributed by atoms with E-state index in [1.807, 2.05) is 0 Å². The Morgan fingerprint density at radius 1 is 1.71 bits per heavy atom. The smallest absolute Gasteiger partial charge is 0.331 e. The summed E-state index contributed by atoms with van der Waals surface area (Å²) in [6.07, 6.45) is -0.822. The summed E-state index contributed by atoms with van der Waals surface area (Å²) in [5.74, 6) is -0.684. The first kappa shape index (κ1) is 14.0. The monoisotopic (exact) mass is 277 g/mol. The molecule has 1 amide bonds. The first-order valence-corrected chi connectivity index (χ1v) is 6.09. The van der Waals surface area contributed by atoms with Gasteiger partial charge in [0.25, 0.3) is 0 Å². The molecule has 1 aromatic heterocycles. The standard InChI is InChI=1S/C10H12ClNO4S/c1-2-16-10(15)8(12-5-13)9(14)6-3-4-7(11)17-6/h3-5,8-9,14H,2H2,1H3,(H,12,13). The second kappa shape index (κ2) is 6.58. The van der Waals surface area contributed by atoms with E-state index in [-0.39, 0.29) is 6.61 Å². The van der Waals surface area contributed by atoms with Crippen LogP contribution in [-0.4, -0.2) is 30.1 Å². The highest BCUT2D eigenvalue weighted by atomic mass is 35.5. The van der Waals surface area contributed by atoms with E-state index in [9.17, 15) is 14.7 Å². The quantitative estimate of drug-likeness (QED) is 0.603. The summed E-state index contributed by atoms with van der Waals surface area (Å²) < 4.78 is 5.25. The Hall–Kier alpha value is -1.11. The molecule has 2 unspecified atom stereocenters. The lowest BCUT2D eigenvalue weighted by molar-refractivity contribution is -0.149. The molecule has 1 heterocycles. The zero-order valence-electron chi connectivity index (χ0n) is 9.05. The molecule has 0 aromatic carbocycles. The number of hydrogen-bond donors (Lipinski definition) is 2. The van der Waals surface area contributed by atoms with Gasteiger partial charge in [-0.05, 0) is 19.1 Å². The fourth-order valence-electron chi connectivity index (χ4n) is 1.24. The molecule has 0 aliphatic heterocycles. The van der Waals surface area contributed by atoms with Crippen LogP contribution in [0.1, 0.15) is 17.9 Å². The van der Waals surface area contributed by atoms with Crippen LogP contribution in [0.25, 0.3) is 0 Å². The summed E-state index contributed by atoms with van der Waals surface area (Å²) >= 11 is 6.87. The zero-order valence-corrected chi connectivity index (χ0v) is 10.6. The van der Waals surface area contributed by atoms with Crippen LogP contribution < -0.4 is 5.32 Å². The lowest BCUT2D eigenvalue weighted by Crippen LogP contribution is -2.42. The maximum absolute atomic E-state index is 11.5. The Bertz CT molecular complexity index is 395. The maximum atomic E-state index is 11.5. The van der Waals surface area contributed by atoms with Gasteiger partial charge in [-0.15, -0.1) is 11.3 Å². The Morgan fingerprint density at radius 2 is 2.41 bits per heavy atom. The number of hydrogen-bond acceptors (Lipinski definition) is 5. The van der Waals surface area contributed by atoms with Crippen molar-refractivity contribution in [1.82, 2.24) is 5.32 Å². The van der Waals surface area contributed by atoms with E-state index in [2.05, 4.69) is 5.32 Å². The molecule has 2 N–H and O–H groups in total. The number of aliphatic hydroxyl groups excluding tert-OH is 1. The number of amides is 1. The van der Waals surface area contributed by atoms with E-state index in [0.717, 1.165) is 11.3 Å². The lowest BCUT2D eigenvalue weighted by Gasteiger charge is -2.19. The van der Waals surface area contributed by atoms with Gasteiger partial charge in [0, 0.05) is 4.88 Å². The van der Waals surface area contributed by atoms with Crippen LogP contribution in [0.5, 0.6) is 0 Å². The first-order valence-electron chi connectivity index (χ1n) is 4.89. The highest BCUT2D eigenvalue weighted by molar-refractivity contribution is 7.16. The Kier molecular flexibility index (Phi) is 5.40. The van der Waals surface area contributed by atoms with E-state index in [4.69, 9.17) is 16.3 Å². The molecule has 2 atom stereocenters. The maximum Gasteiger partial charge on any atom is 0.331 e. The molecule has 0 aliphatic rings. The minimum Gasteiger partial charge on any atom is -0.464 e. The molecule has 1 aromatic rings. The average Bonchev–Trinajstić information content (AvgIpc) is 2.72. The number of esters is 1. The van der Waals surface area contributed by atoms with Crippen molar-refractivity contribution in [3.8, 4) is 0 Å². The number of carbonyl (C=O) groups excluding carboxylic acids is 2. The normalized spacial score (nSPS) is 13.8. The van der Waals surface area contributed by atoms with Crippen molar-refractivity contribution < 1.29 is 19.4 Å². The second-order valence-corrected chi connectivity index (χ2v) is 4.85. The van der Waals surface area contributed by atoms with Crippen LogP contribution in [0.2, 0.25) is 4.34 Å². The minimum absolute atomic E-state index is 0.174. The number of aliphatic hydroxyl groups is 1. The van der Waals surface area contributed by atoms with E-state index >= 15 is 0 Å². The molecule has 0 saturated heterocycles. The van der Waals surface area contributed by atoms with Crippen molar-refractivity contribution >= 4 is 35.3 Å². The number of nitrogens with one attached hydrogen (secondary N) is 1. The molecule has 0 spiro atoms. The third-order valence-corrected chi connectivity index (χ3v) is 3.29. The predicted molar refractivity (Wildman–Crippen MR) is 63.9 cm³/mol. The minimum atomic E-state index is -1.17. The SMILES string of the molecule is CCOC(=O)C(NC=O)C(O)c1ccc(Cl)s1. The average molecular weight is 278 g/mol. The third-order valence-electron chi connectivity index (χ3n) is 1.99. The number of carbonyl (C=O) groups is 2. The molecule has 17 heavy (non-hydrogen) atoms. The van der Waals surface area contributed by atoms with E-state index in [1.54, 1.807) is 19.1 Å². The van der Waals surface area contributed by atoms with Gasteiger partial charge in [-0.25, -0.2) is 4.79 Å². The van der Waals surface area contributed by atoms with E-state index < -0.39 is 18.1 Å². The van der Waals surface area contributed by atoms with Crippen molar-refractivity contribution in [2.75, 3.05) is 6.61 Å². The molecule has 0 aliphatic carbocycles. The largest absolute Gasteiger partial charge is 0.464 e. The second-order valence-electron chi connectivity index (χ2n) is 3.10. The van der Waals surface area contributed by atoms with Crippen molar-refractivity contribution in [1.29, 1.82) is 0 Å². The third kappa shape index (κ3) is 3.69. The van der Waals surface area contributed by atoms with E-state index in [0.29, 0.717) is 15.6 Å². The molecular formula is C10H12ClNO4S. The summed E-state index contributed by atoms with van der Waals surface area (Å²) in [5, 5.41) is 12.2. The molecule has 5 nitrogen and oxygen atoms in total. The van der Waals surface area contributed by atoms with Crippen molar-refractivity contribution in [3.63, 3.8) is 0 Å².